The standard InChI is InChI=1S/C16H24N2O/c1-11-6-5-9-14(12(11)2)16(19)18-15(10-17)13-7-3-4-8-13/h5-6,9,13,15H,3-4,7-8,10,17H2,1-2H3,(H,18,19). The van der Waals surface area contributed by atoms with Gasteiger partial charge in [0, 0.05) is 18.2 Å². The van der Waals surface area contributed by atoms with E-state index in [-0.39, 0.29) is 11.9 Å². The molecule has 3 heteroatoms. The number of carbonyl (C=O) groups excluding carboxylic acids is 1. The summed E-state index contributed by atoms with van der Waals surface area (Å²) >= 11 is 0. The molecule has 0 heterocycles. The van der Waals surface area contributed by atoms with Crippen molar-refractivity contribution < 1.29 is 4.79 Å². The van der Waals surface area contributed by atoms with E-state index in [1.807, 2.05) is 32.0 Å². The minimum absolute atomic E-state index is 0.0172. The van der Waals surface area contributed by atoms with Crippen LogP contribution in [0, 0.1) is 19.8 Å². The zero-order chi connectivity index (χ0) is 13.8. The average Bonchev–Trinajstić information content (AvgIpc) is 2.92. The molecule has 1 fully saturated rings. The number of hydrogen-bond donors (Lipinski definition) is 2. The van der Waals surface area contributed by atoms with E-state index in [4.69, 9.17) is 5.73 Å². The molecule has 104 valence electrons. The third-order valence-corrected chi connectivity index (χ3v) is 4.39. The van der Waals surface area contributed by atoms with E-state index < -0.39 is 0 Å². The molecule has 1 aliphatic carbocycles. The Morgan fingerprint density at radius 1 is 1.37 bits per heavy atom. The van der Waals surface area contributed by atoms with E-state index >= 15 is 0 Å². The minimum atomic E-state index is 0.0172. The van der Waals surface area contributed by atoms with Crippen molar-refractivity contribution in [2.75, 3.05) is 6.54 Å². The van der Waals surface area contributed by atoms with Gasteiger partial charge >= 0.3 is 0 Å². The molecule has 1 aliphatic rings. The summed E-state index contributed by atoms with van der Waals surface area (Å²) in [5.74, 6) is 0.572. The largest absolute Gasteiger partial charge is 0.348 e. The normalized spacial score (nSPS) is 17.4. The van der Waals surface area contributed by atoms with E-state index in [1.54, 1.807) is 0 Å². The smallest absolute Gasteiger partial charge is 0.251 e. The minimum Gasteiger partial charge on any atom is -0.348 e. The first-order valence-corrected chi connectivity index (χ1v) is 7.20. The van der Waals surface area contributed by atoms with E-state index in [1.165, 1.54) is 25.7 Å². The molecule has 0 aromatic heterocycles. The lowest BCUT2D eigenvalue weighted by atomic mass is 9.97. The molecule has 1 amide bonds. The van der Waals surface area contributed by atoms with Gasteiger partial charge in [-0.05, 0) is 49.8 Å². The van der Waals surface area contributed by atoms with Gasteiger partial charge in [0.25, 0.3) is 5.91 Å². The van der Waals surface area contributed by atoms with E-state index in [9.17, 15) is 4.79 Å². The summed E-state index contributed by atoms with van der Waals surface area (Å²) in [6.45, 7) is 4.56. The van der Waals surface area contributed by atoms with Crippen molar-refractivity contribution in [1.82, 2.24) is 5.32 Å². The molecule has 1 unspecified atom stereocenters. The van der Waals surface area contributed by atoms with Crippen LogP contribution in [0.1, 0.15) is 47.2 Å². The summed E-state index contributed by atoms with van der Waals surface area (Å²) in [6, 6.07) is 5.98. The molecule has 1 aromatic rings. The zero-order valence-corrected chi connectivity index (χ0v) is 11.9. The van der Waals surface area contributed by atoms with Gasteiger partial charge in [-0.1, -0.05) is 25.0 Å². The number of nitrogens with two attached hydrogens (primary N) is 1. The Kier molecular flexibility index (Phi) is 4.59. The third-order valence-electron chi connectivity index (χ3n) is 4.39. The first-order chi connectivity index (χ1) is 9.13. The van der Waals surface area contributed by atoms with Crippen LogP contribution in [0.25, 0.3) is 0 Å². The van der Waals surface area contributed by atoms with Crippen molar-refractivity contribution in [2.45, 2.75) is 45.6 Å². The molecular formula is C16H24N2O. The van der Waals surface area contributed by atoms with Gasteiger partial charge in [0.2, 0.25) is 0 Å². The molecule has 1 saturated carbocycles. The van der Waals surface area contributed by atoms with E-state index in [2.05, 4.69) is 5.32 Å². The van der Waals surface area contributed by atoms with E-state index in [0.29, 0.717) is 12.5 Å². The fraction of sp³-hybridized carbons (Fsp3) is 0.562. The molecule has 0 radical (unpaired) electrons. The van der Waals surface area contributed by atoms with Crippen LogP contribution < -0.4 is 11.1 Å². The predicted octanol–water partition coefficient (Wildman–Crippen LogP) is 2.55. The predicted molar refractivity (Wildman–Crippen MR) is 78.2 cm³/mol. The van der Waals surface area contributed by atoms with Crippen LogP contribution in [0.2, 0.25) is 0 Å². The van der Waals surface area contributed by atoms with Crippen LogP contribution >= 0.6 is 0 Å². The molecule has 0 spiro atoms. The highest BCUT2D eigenvalue weighted by Crippen LogP contribution is 2.27. The second-order valence-corrected chi connectivity index (χ2v) is 5.61. The van der Waals surface area contributed by atoms with E-state index in [0.717, 1.165) is 16.7 Å². The number of aryl methyl sites for hydroxylation is 1. The maximum absolute atomic E-state index is 12.4. The van der Waals surface area contributed by atoms with Crippen molar-refractivity contribution in [3.63, 3.8) is 0 Å². The fourth-order valence-corrected chi connectivity index (χ4v) is 2.97. The SMILES string of the molecule is Cc1cccc(C(=O)NC(CN)C2CCCC2)c1C. The molecule has 2 rings (SSSR count). The van der Waals surface area contributed by atoms with Gasteiger partial charge in [0.05, 0.1) is 0 Å². The van der Waals surface area contributed by atoms with Gasteiger partial charge in [-0.15, -0.1) is 0 Å². The highest BCUT2D eigenvalue weighted by atomic mass is 16.1. The average molecular weight is 260 g/mol. The van der Waals surface area contributed by atoms with Gasteiger partial charge in [-0.2, -0.15) is 0 Å². The Morgan fingerprint density at radius 2 is 2.05 bits per heavy atom. The molecular weight excluding hydrogens is 236 g/mol. The van der Waals surface area contributed by atoms with Crippen LogP contribution in [0.15, 0.2) is 18.2 Å². The Bertz CT molecular complexity index is 450. The summed E-state index contributed by atoms with van der Waals surface area (Å²) in [7, 11) is 0. The zero-order valence-electron chi connectivity index (χ0n) is 11.9. The molecule has 1 atom stereocenters. The Balaban J connectivity index is 2.08. The molecule has 0 bridgehead atoms. The third kappa shape index (κ3) is 3.16. The van der Waals surface area contributed by atoms with Gasteiger partial charge in [-0.25, -0.2) is 0 Å². The Labute approximate surface area is 115 Å². The van der Waals surface area contributed by atoms with Crippen LogP contribution in [-0.4, -0.2) is 18.5 Å². The number of carbonyl (C=O) groups is 1. The highest BCUT2D eigenvalue weighted by molar-refractivity contribution is 5.96. The van der Waals surface area contributed by atoms with Crippen LogP contribution in [0.3, 0.4) is 0 Å². The first-order valence-electron chi connectivity index (χ1n) is 7.20. The van der Waals surface area contributed by atoms with Crippen molar-refractivity contribution in [2.24, 2.45) is 11.7 Å². The van der Waals surface area contributed by atoms with Crippen molar-refractivity contribution in [3.8, 4) is 0 Å². The molecule has 3 nitrogen and oxygen atoms in total. The van der Waals surface area contributed by atoms with Crippen LogP contribution in [0.4, 0.5) is 0 Å². The summed E-state index contributed by atoms with van der Waals surface area (Å²) in [4.78, 5) is 12.4. The molecule has 3 N–H and O–H groups in total. The summed E-state index contributed by atoms with van der Waals surface area (Å²) in [5.41, 5.74) is 8.82. The first kappa shape index (κ1) is 14.1. The number of amides is 1. The monoisotopic (exact) mass is 260 g/mol. The Morgan fingerprint density at radius 3 is 2.68 bits per heavy atom. The second kappa shape index (κ2) is 6.20. The quantitative estimate of drug-likeness (QED) is 0.874. The highest BCUT2D eigenvalue weighted by Gasteiger charge is 2.25. The number of rotatable bonds is 4. The summed E-state index contributed by atoms with van der Waals surface area (Å²) in [6.07, 6.45) is 4.91. The van der Waals surface area contributed by atoms with Crippen molar-refractivity contribution >= 4 is 5.91 Å². The van der Waals surface area contributed by atoms with Crippen molar-refractivity contribution in [1.29, 1.82) is 0 Å². The molecule has 0 aliphatic heterocycles. The van der Waals surface area contributed by atoms with Gasteiger partial charge in [0.1, 0.15) is 0 Å². The number of nitrogens with one attached hydrogen (secondary N) is 1. The second-order valence-electron chi connectivity index (χ2n) is 5.61. The maximum atomic E-state index is 12.4. The number of hydrogen-bond acceptors (Lipinski definition) is 2. The van der Waals surface area contributed by atoms with Gasteiger partial charge in [0.15, 0.2) is 0 Å². The van der Waals surface area contributed by atoms with Gasteiger partial charge < -0.3 is 11.1 Å². The lowest BCUT2D eigenvalue weighted by Gasteiger charge is -2.23. The van der Waals surface area contributed by atoms with Crippen LogP contribution in [-0.2, 0) is 0 Å². The summed E-state index contributed by atoms with van der Waals surface area (Å²) < 4.78 is 0. The van der Waals surface area contributed by atoms with Crippen molar-refractivity contribution in [3.05, 3.63) is 34.9 Å². The summed E-state index contributed by atoms with van der Waals surface area (Å²) in [5, 5.41) is 3.13. The lowest BCUT2D eigenvalue weighted by Crippen LogP contribution is -2.44. The molecule has 0 saturated heterocycles. The number of benzene rings is 1. The molecule has 1 aromatic carbocycles. The van der Waals surface area contributed by atoms with Crippen LogP contribution in [0.5, 0.6) is 0 Å². The maximum Gasteiger partial charge on any atom is 0.251 e. The Hall–Kier alpha value is -1.35. The molecule has 19 heavy (non-hydrogen) atoms. The lowest BCUT2D eigenvalue weighted by molar-refractivity contribution is 0.0923. The fourth-order valence-electron chi connectivity index (χ4n) is 2.97. The van der Waals surface area contributed by atoms with Gasteiger partial charge in [-0.3, -0.25) is 4.79 Å². The topological polar surface area (TPSA) is 55.1 Å².